The summed E-state index contributed by atoms with van der Waals surface area (Å²) in [4.78, 5) is 29.5. The molecule has 30 heavy (non-hydrogen) atoms. The van der Waals surface area contributed by atoms with Crippen molar-refractivity contribution in [2.45, 2.75) is 12.6 Å². The van der Waals surface area contributed by atoms with E-state index in [0.717, 1.165) is 16.3 Å². The van der Waals surface area contributed by atoms with Crippen LogP contribution in [0.1, 0.15) is 15.9 Å². The van der Waals surface area contributed by atoms with Crippen molar-refractivity contribution >= 4 is 28.5 Å². The Labute approximate surface area is 174 Å². The summed E-state index contributed by atoms with van der Waals surface area (Å²) in [5.41, 5.74) is 1.48. The number of hydrogen-bond acceptors (Lipinski definition) is 3. The maximum Gasteiger partial charge on any atom is 0.244 e. The van der Waals surface area contributed by atoms with Gasteiger partial charge in [-0.1, -0.05) is 66.7 Å². The number of fused-ring (bicyclic) bond motifs is 1. The maximum absolute atomic E-state index is 13.0. The molecule has 4 aromatic rings. The molecule has 5 heteroatoms. The van der Waals surface area contributed by atoms with Gasteiger partial charge in [0, 0.05) is 24.0 Å². The van der Waals surface area contributed by atoms with E-state index in [9.17, 15) is 9.59 Å². The van der Waals surface area contributed by atoms with Crippen LogP contribution in [0.3, 0.4) is 0 Å². The molecule has 1 N–H and O–H groups in total. The normalized spacial score (nSPS) is 12.1. The Morgan fingerprint density at radius 2 is 1.73 bits per heavy atom. The highest BCUT2D eigenvalue weighted by Gasteiger charge is 2.21. The van der Waals surface area contributed by atoms with Crippen LogP contribution in [0.15, 0.2) is 97.6 Å². The summed E-state index contributed by atoms with van der Waals surface area (Å²) in [6.07, 6.45) is 8.25. The highest BCUT2D eigenvalue weighted by atomic mass is 16.2. The van der Waals surface area contributed by atoms with E-state index in [1.165, 1.54) is 6.08 Å². The molecule has 148 valence electrons. The number of carbonyl (C=O) groups excluding carboxylic acids is 2. The highest BCUT2D eigenvalue weighted by Crippen LogP contribution is 2.16. The van der Waals surface area contributed by atoms with Gasteiger partial charge >= 0.3 is 0 Å². The van der Waals surface area contributed by atoms with Crippen molar-refractivity contribution in [2.75, 3.05) is 0 Å². The molecular formula is C25H21N3O2. The smallest absolute Gasteiger partial charge is 0.244 e. The number of hydrogen-bond donors (Lipinski definition) is 1. The van der Waals surface area contributed by atoms with Gasteiger partial charge in [0.15, 0.2) is 5.78 Å². The van der Waals surface area contributed by atoms with Gasteiger partial charge < -0.3 is 9.88 Å². The number of carbonyl (C=O) groups is 2. The van der Waals surface area contributed by atoms with Gasteiger partial charge in [-0.2, -0.15) is 0 Å². The molecule has 3 aromatic carbocycles. The molecule has 0 spiro atoms. The van der Waals surface area contributed by atoms with Crippen molar-refractivity contribution in [3.8, 4) is 0 Å². The summed E-state index contributed by atoms with van der Waals surface area (Å²) in [5, 5.41) is 5.09. The van der Waals surface area contributed by atoms with Crippen LogP contribution >= 0.6 is 0 Å². The van der Waals surface area contributed by atoms with Gasteiger partial charge in [-0.25, -0.2) is 4.98 Å². The molecule has 5 nitrogen and oxygen atoms in total. The fraction of sp³-hybridized carbons (Fsp3) is 0.0800. The first-order chi connectivity index (χ1) is 14.7. The first-order valence-corrected chi connectivity index (χ1v) is 9.71. The van der Waals surface area contributed by atoms with Crippen molar-refractivity contribution in [3.05, 3.63) is 109 Å². The van der Waals surface area contributed by atoms with Crippen LogP contribution in [-0.2, 0) is 11.3 Å². The van der Waals surface area contributed by atoms with Crippen molar-refractivity contribution in [1.82, 2.24) is 14.9 Å². The molecule has 0 aliphatic rings. The van der Waals surface area contributed by atoms with Gasteiger partial charge in [-0.3, -0.25) is 9.59 Å². The molecule has 0 radical (unpaired) electrons. The number of benzene rings is 3. The molecule has 1 atom stereocenters. The number of imidazole rings is 1. The fourth-order valence-corrected chi connectivity index (χ4v) is 3.31. The highest BCUT2D eigenvalue weighted by molar-refractivity contribution is 6.03. The molecule has 4 rings (SSSR count). The van der Waals surface area contributed by atoms with Gasteiger partial charge in [0.2, 0.25) is 5.91 Å². The molecular weight excluding hydrogens is 374 g/mol. The molecule has 0 aliphatic carbocycles. The van der Waals surface area contributed by atoms with Crippen LogP contribution in [0.2, 0.25) is 0 Å². The molecule has 0 aliphatic heterocycles. The fourth-order valence-electron chi connectivity index (χ4n) is 3.31. The predicted molar refractivity (Wildman–Crippen MR) is 118 cm³/mol. The lowest BCUT2D eigenvalue weighted by Crippen LogP contribution is -2.43. The second-order valence-electron chi connectivity index (χ2n) is 6.99. The summed E-state index contributed by atoms with van der Waals surface area (Å²) in [7, 11) is 0. The third kappa shape index (κ3) is 4.70. The molecule has 1 amide bonds. The van der Waals surface area contributed by atoms with E-state index >= 15 is 0 Å². The minimum absolute atomic E-state index is 0.142. The molecule has 1 aromatic heterocycles. The molecule has 0 saturated heterocycles. The van der Waals surface area contributed by atoms with Gasteiger partial charge in [0.1, 0.15) is 6.04 Å². The minimum atomic E-state index is -0.699. The Bertz CT molecular complexity index is 1180. The Morgan fingerprint density at radius 3 is 2.50 bits per heavy atom. The summed E-state index contributed by atoms with van der Waals surface area (Å²) in [6.45, 7) is 0.309. The Hall–Kier alpha value is -3.99. The Kier molecular flexibility index (Phi) is 5.80. The summed E-state index contributed by atoms with van der Waals surface area (Å²) in [5.74, 6) is -0.464. The lowest BCUT2D eigenvalue weighted by molar-refractivity contribution is -0.117. The lowest BCUT2D eigenvalue weighted by Gasteiger charge is -2.17. The maximum atomic E-state index is 13.0. The molecule has 0 bridgehead atoms. The third-order valence-electron chi connectivity index (χ3n) is 4.84. The summed E-state index contributed by atoms with van der Waals surface area (Å²) < 4.78 is 1.78. The van der Waals surface area contributed by atoms with Crippen molar-refractivity contribution in [2.24, 2.45) is 0 Å². The van der Waals surface area contributed by atoms with Crippen LogP contribution < -0.4 is 5.32 Å². The number of ketones is 1. The number of Topliss-reactive ketones (excluding diaryl/α,β-unsaturated/α-hetero) is 1. The minimum Gasteiger partial charge on any atom is -0.341 e. The largest absolute Gasteiger partial charge is 0.341 e. The van der Waals surface area contributed by atoms with E-state index < -0.39 is 6.04 Å². The van der Waals surface area contributed by atoms with Crippen LogP contribution in [0.4, 0.5) is 0 Å². The first-order valence-electron chi connectivity index (χ1n) is 9.71. The van der Waals surface area contributed by atoms with Crippen molar-refractivity contribution in [3.63, 3.8) is 0 Å². The standard InChI is InChI=1S/C25H21N3O2/c29-24(13-11-19-10-12-20-6-4-5-9-22(20)16-19)27-23(17-28-15-14-26-18-28)25(30)21-7-2-1-3-8-21/h1-16,18,23H,17H2,(H,27,29)/b13-11+. The number of nitrogens with one attached hydrogen (secondary N) is 1. The van der Waals surface area contributed by atoms with Crippen LogP contribution in [0.5, 0.6) is 0 Å². The average molecular weight is 395 g/mol. The van der Waals surface area contributed by atoms with Crippen LogP contribution in [0, 0.1) is 0 Å². The third-order valence-corrected chi connectivity index (χ3v) is 4.84. The number of aromatic nitrogens is 2. The zero-order valence-electron chi connectivity index (χ0n) is 16.3. The summed E-state index contributed by atoms with van der Waals surface area (Å²) >= 11 is 0. The quantitative estimate of drug-likeness (QED) is 0.378. The van der Waals surface area contributed by atoms with E-state index in [4.69, 9.17) is 0 Å². The first kappa shape index (κ1) is 19.3. The Balaban J connectivity index is 1.50. The molecule has 0 fully saturated rings. The number of nitrogens with zero attached hydrogens (tertiary/aromatic N) is 2. The average Bonchev–Trinajstić information content (AvgIpc) is 3.30. The number of rotatable bonds is 7. The topological polar surface area (TPSA) is 64.0 Å². The van der Waals surface area contributed by atoms with Crippen LogP contribution in [0.25, 0.3) is 16.8 Å². The second-order valence-corrected chi connectivity index (χ2v) is 6.99. The SMILES string of the molecule is O=C(/C=C/c1ccc2ccccc2c1)NC(Cn1ccnc1)C(=O)c1ccccc1. The monoisotopic (exact) mass is 395 g/mol. The Morgan fingerprint density at radius 1 is 0.967 bits per heavy atom. The van der Waals surface area contributed by atoms with Crippen LogP contribution in [-0.4, -0.2) is 27.3 Å². The van der Waals surface area contributed by atoms with Gasteiger partial charge in [0.25, 0.3) is 0 Å². The van der Waals surface area contributed by atoms with Gasteiger partial charge in [-0.15, -0.1) is 0 Å². The van der Waals surface area contributed by atoms with E-state index in [0.29, 0.717) is 12.1 Å². The van der Waals surface area contributed by atoms with Crippen molar-refractivity contribution in [1.29, 1.82) is 0 Å². The van der Waals surface area contributed by atoms with Gasteiger partial charge in [0.05, 0.1) is 12.9 Å². The van der Waals surface area contributed by atoms with Crippen molar-refractivity contribution < 1.29 is 9.59 Å². The zero-order chi connectivity index (χ0) is 20.8. The van der Waals surface area contributed by atoms with E-state index in [1.807, 2.05) is 60.7 Å². The zero-order valence-corrected chi connectivity index (χ0v) is 16.3. The van der Waals surface area contributed by atoms with E-state index in [2.05, 4.69) is 10.3 Å². The molecule has 1 heterocycles. The van der Waals surface area contributed by atoms with E-state index in [1.54, 1.807) is 41.5 Å². The molecule has 1 unspecified atom stereocenters. The predicted octanol–water partition coefficient (Wildman–Crippen LogP) is 4.12. The van der Waals surface area contributed by atoms with Gasteiger partial charge in [-0.05, 0) is 28.5 Å². The second kappa shape index (κ2) is 9.01. The summed E-state index contributed by atoms with van der Waals surface area (Å²) in [6, 6.07) is 22.3. The molecule has 0 saturated carbocycles. The lowest BCUT2D eigenvalue weighted by atomic mass is 10.0. The van der Waals surface area contributed by atoms with E-state index in [-0.39, 0.29) is 11.7 Å². The number of amides is 1.